The third kappa shape index (κ3) is 3.34. The molecule has 6 nitrogen and oxygen atoms in total. The largest absolute Gasteiger partial charge is 0.478 e. The van der Waals surface area contributed by atoms with Gasteiger partial charge in [0.1, 0.15) is 5.76 Å². The van der Waals surface area contributed by atoms with Crippen molar-refractivity contribution in [1.29, 1.82) is 0 Å². The first-order valence-corrected chi connectivity index (χ1v) is 8.07. The van der Waals surface area contributed by atoms with Crippen molar-refractivity contribution in [3.63, 3.8) is 0 Å². The lowest BCUT2D eigenvalue weighted by atomic mass is 10.2. The standard InChI is InChI=1S/C13H12BrNO5S/c1-15(8-10-3-2-6-20-10)21(18,19)12-5-4-9(13(16)17)7-11(12)14/h2-7H,8H2,1H3,(H,16,17). The van der Waals surface area contributed by atoms with Crippen LogP contribution in [0.15, 0.2) is 50.4 Å². The molecule has 0 saturated heterocycles. The molecule has 0 radical (unpaired) electrons. The molecular weight excluding hydrogens is 362 g/mol. The first kappa shape index (κ1) is 15.7. The van der Waals surface area contributed by atoms with E-state index < -0.39 is 16.0 Å². The Bertz CT molecular complexity index is 755. The summed E-state index contributed by atoms with van der Waals surface area (Å²) in [7, 11) is -2.33. The maximum atomic E-state index is 12.5. The maximum Gasteiger partial charge on any atom is 0.335 e. The van der Waals surface area contributed by atoms with Gasteiger partial charge in [0, 0.05) is 11.5 Å². The second kappa shape index (κ2) is 6.00. The lowest BCUT2D eigenvalue weighted by molar-refractivity contribution is 0.0696. The summed E-state index contributed by atoms with van der Waals surface area (Å²) < 4.78 is 31.4. The normalized spacial score (nSPS) is 11.8. The van der Waals surface area contributed by atoms with Crippen LogP contribution in [-0.4, -0.2) is 30.8 Å². The smallest absolute Gasteiger partial charge is 0.335 e. The lowest BCUT2D eigenvalue weighted by Gasteiger charge is -2.17. The molecule has 0 unspecified atom stereocenters. The van der Waals surface area contributed by atoms with Crippen LogP contribution in [-0.2, 0) is 16.6 Å². The molecule has 0 saturated carbocycles. The molecule has 0 aliphatic rings. The van der Waals surface area contributed by atoms with Crippen molar-refractivity contribution in [2.75, 3.05) is 7.05 Å². The van der Waals surface area contributed by atoms with E-state index in [0.29, 0.717) is 5.76 Å². The summed E-state index contributed by atoms with van der Waals surface area (Å²) in [4.78, 5) is 10.9. The second-order valence-electron chi connectivity index (χ2n) is 4.29. The van der Waals surface area contributed by atoms with Gasteiger partial charge in [-0.25, -0.2) is 13.2 Å². The molecule has 0 aliphatic carbocycles. The molecule has 21 heavy (non-hydrogen) atoms. The van der Waals surface area contributed by atoms with Gasteiger partial charge in [0.15, 0.2) is 0 Å². The van der Waals surface area contributed by atoms with E-state index in [1.54, 1.807) is 12.1 Å². The van der Waals surface area contributed by atoms with Gasteiger partial charge in [-0.05, 0) is 46.3 Å². The number of furan rings is 1. The van der Waals surface area contributed by atoms with Crippen LogP contribution in [0.5, 0.6) is 0 Å². The summed E-state index contributed by atoms with van der Waals surface area (Å²) in [5, 5.41) is 8.89. The summed E-state index contributed by atoms with van der Waals surface area (Å²) >= 11 is 3.10. The third-order valence-electron chi connectivity index (χ3n) is 2.83. The molecule has 1 N–H and O–H groups in total. The molecule has 8 heteroatoms. The first-order chi connectivity index (χ1) is 9.82. The van der Waals surface area contributed by atoms with Gasteiger partial charge in [-0.2, -0.15) is 4.31 Å². The molecule has 1 aromatic carbocycles. The first-order valence-electron chi connectivity index (χ1n) is 5.84. The van der Waals surface area contributed by atoms with Crippen LogP contribution in [0.3, 0.4) is 0 Å². The topological polar surface area (TPSA) is 87.8 Å². The monoisotopic (exact) mass is 373 g/mol. The summed E-state index contributed by atoms with van der Waals surface area (Å²) in [6, 6.07) is 7.13. The zero-order chi connectivity index (χ0) is 15.6. The minimum Gasteiger partial charge on any atom is -0.478 e. The van der Waals surface area contributed by atoms with E-state index in [1.807, 2.05) is 0 Å². The van der Waals surface area contributed by atoms with E-state index >= 15 is 0 Å². The van der Waals surface area contributed by atoms with Crippen LogP contribution in [0.1, 0.15) is 16.1 Å². The summed E-state index contributed by atoms with van der Waals surface area (Å²) in [5.41, 5.74) is 0.00881. The molecule has 0 bridgehead atoms. The van der Waals surface area contributed by atoms with E-state index in [0.717, 1.165) is 4.31 Å². The molecule has 0 amide bonds. The zero-order valence-electron chi connectivity index (χ0n) is 11.0. The number of rotatable bonds is 5. The number of benzene rings is 1. The van der Waals surface area contributed by atoms with Crippen molar-refractivity contribution in [2.45, 2.75) is 11.4 Å². The fraction of sp³-hybridized carbons (Fsp3) is 0.154. The molecule has 0 atom stereocenters. The second-order valence-corrected chi connectivity index (χ2v) is 7.16. The minimum atomic E-state index is -3.75. The molecule has 1 heterocycles. The highest BCUT2D eigenvalue weighted by Crippen LogP contribution is 2.26. The number of hydrogen-bond acceptors (Lipinski definition) is 4. The van der Waals surface area contributed by atoms with Gasteiger partial charge in [0.2, 0.25) is 10.0 Å². The van der Waals surface area contributed by atoms with Crippen molar-refractivity contribution in [1.82, 2.24) is 4.31 Å². The van der Waals surface area contributed by atoms with Gasteiger partial charge >= 0.3 is 5.97 Å². The van der Waals surface area contributed by atoms with Crippen LogP contribution < -0.4 is 0 Å². The number of hydrogen-bond donors (Lipinski definition) is 1. The SMILES string of the molecule is CN(Cc1ccco1)S(=O)(=O)c1ccc(C(=O)O)cc1Br. The van der Waals surface area contributed by atoms with Gasteiger partial charge in [0.25, 0.3) is 0 Å². The number of sulfonamides is 1. The number of aromatic carboxylic acids is 1. The molecule has 2 rings (SSSR count). The van der Waals surface area contributed by atoms with Crippen molar-refractivity contribution in [3.05, 3.63) is 52.4 Å². The van der Waals surface area contributed by atoms with Crippen molar-refractivity contribution >= 4 is 31.9 Å². The molecule has 0 aliphatic heterocycles. The molecule has 1 aromatic heterocycles. The van der Waals surface area contributed by atoms with Crippen LogP contribution >= 0.6 is 15.9 Å². The Morgan fingerprint density at radius 1 is 1.38 bits per heavy atom. The average Bonchev–Trinajstić information content (AvgIpc) is 2.90. The molecule has 2 aromatic rings. The average molecular weight is 374 g/mol. The van der Waals surface area contributed by atoms with Crippen LogP contribution in [0.2, 0.25) is 0 Å². The Morgan fingerprint density at radius 3 is 2.62 bits per heavy atom. The zero-order valence-corrected chi connectivity index (χ0v) is 13.4. The summed E-state index contributed by atoms with van der Waals surface area (Å²) in [5.74, 6) is -0.608. The Hall–Kier alpha value is -1.64. The van der Waals surface area contributed by atoms with Crippen molar-refractivity contribution in [2.24, 2.45) is 0 Å². The fourth-order valence-electron chi connectivity index (χ4n) is 1.72. The Labute approximate surface area is 130 Å². The summed E-state index contributed by atoms with van der Waals surface area (Å²) in [6.45, 7) is 0.0858. The van der Waals surface area contributed by atoms with Crippen molar-refractivity contribution < 1.29 is 22.7 Å². The number of carboxylic acids is 1. The van der Waals surface area contributed by atoms with Crippen LogP contribution in [0, 0.1) is 0 Å². The Balaban J connectivity index is 2.33. The van der Waals surface area contributed by atoms with E-state index in [9.17, 15) is 13.2 Å². The van der Waals surface area contributed by atoms with Gasteiger partial charge in [0.05, 0.1) is 23.3 Å². The van der Waals surface area contributed by atoms with E-state index in [4.69, 9.17) is 9.52 Å². The third-order valence-corrected chi connectivity index (χ3v) is 5.61. The fourth-order valence-corrected chi connectivity index (χ4v) is 3.89. The van der Waals surface area contributed by atoms with Gasteiger partial charge in [-0.15, -0.1) is 0 Å². The number of carboxylic acid groups (broad SMARTS) is 1. The molecule has 0 spiro atoms. The molecule has 112 valence electrons. The predicted molar refractivity (Wildman–Crippen MR) is 78.5 cm³/mol. The number of carbonyl (C=O) groups is 1. The highest BCUT2D eigenvalue weighted by Gasteiger charge is 2.24. The van der Waals surface area contributed by atoms with Gasteiger partial charge in [-0.1, -0.05) is 0 Å². The van der Waals surface area contributed by atoms with E-state index in [-0.39, 0.29) is 21.5 Å². The lowest BCUT2D eigenvalue weighted by Crippen LogP contribution is -2.26. The molecule has 0 fully saturated rings. The highest BCUT2D eigenvalue weighted by molar-refractivity contribution is 9.10. The van der Waals surface area contributed by atoms with Gasteiger partial charge in [-0.3, -0.25) is 0 Å². The van der Waals surface area contributed by atoms with E-state index in [2.05, 4.69) is 15.9 Å². The Morgan fingerprint density at radius 2 is 2.10 bits per heavy atom. The van der Waals surface area contributed by atoms with Gasteiger partial charge < -0.3 is 9.52 Å². The van der Waals surface area contributed by atoms with Crippen molar-refractivity contribution in [3.8, 4) is 0 Å². The highest BCUT2D eigenvalue weighted by atomic mass is 79.9. The molecular formula is C13H12BrNO5S. The van der Waals surface area contributed by atoms with E-state index in [1.165, 1.54) is 31.5 Å². The minimum absolute atomic E-state index is 0.00144. The maximum absolute atomic E-state index is 12.5. The summed E-state index contributed by atoms with van der Waals surface area (Å²) in [6.07, 6.45) is 1.47. The predicted octanol–water partition coefficient (Wildman–Crippen LogP) is 2.56. The number of halogens is 1. The van der Waals surface area contributed by atoms with Crippen LogP contribution in [0.25, 0.3) is 0 Å². The quantitative estimate of drug-likeness (QED) is 0.869. The Kier molecular flexibility index (Phi) is 4.50. The van der Waals surface area contributed by atoms with Crippen LogP contribution in [0.4, 0.5) is 0 Å². The number of nitrogens with zero attached hydrogens (tertiary/aromatic N) is 1.